The number of hydrogen-bond donors (Lipinski definition) is 1. The third-order valence-electron chi connectivity index (χ3n) is 1.81. The predicted molar refractivity (Wildman–Crippen MR) is 57.7 cm³/mol. The molecule has 0 radical (unpaired) electrons. The van der Waals surface area contributed by atoms with Gasteiger partial charge in [-0.2, -0.15) is 0 Å². The molecule has 0 bridgehead atoms. The summed E-state index contributed by atoms with van der Waals surface area (Å²) >= 11 is 0. The van der Waals surface area contributed by atoms with E-state index in [0.29, 0.717) is 0 Å². The molecule has 0 aliphatic rings. The van der Waals surface area contributed by atoms with Crippen molar-refractivity contribution in [2.75, 3.05) is 11.9 Å². The number of aryl methyl sites for hydroxylation is 1. The van der Waals surface area contributed by atoms with Crippen LogP contribution >= 0.6 is 0 Å². The van der Waals surface area contributed by atoms with E-state index < -0.39 is 0 Å². The molecule has 0 saturated carbocycles. The van der Waals surface area contributed by atoms with Gasteiger partial charge in [0, 0.05) is 18.7 Å². The van der Waals surface area contributed by atoms with Crippen LogP contribution in [0, 0.1) is 18.8 Å². The molecule has 0 fully saturated rings. The third kappa shape index (κ3) is 3.66. The quantitative estimate of drug-likeness (QED) is 0.547. The normalized spacial score (nSPS) is 8.77. The summed E-state index contributed by atoms with van der Waals surface area (Å²) in [6, 6.07) is 8.39. The van der Waals surface area contributed by atoms with Gasteiger partial charge in [0.2, 0.25) is 0 Å². The molecule has 13 heavy (non-hydrogen) atoms. The van der Waals surface area contributed by atoms with Crippen molar-refractivity contribution in [3.63, 3.8) is 0 Å². The molecule has 0 unspecified atom stereocenters. The van der Waals surface area contributed by atoms with Crippen molar-refractivity contribution in [3.05, 3.63) is 29.8 Å². The third-order valence-corrected chi connectivity index (χ3v) is 1.81. The molecule has 1 rings (SSSR count). The maximum atomic E-state index is 3.30. The molecule has 0 aliphatic carbocycles. The van der Waals surface area contributed by atoms with Crippen LogP contribution in [0.3, 0.4) is 0 Å². The second-order valence-electron chi connectivity index (χ2n) is 2.97. The van der Waals surface area contributed by atoms with Gasteiger partial charge in [0.15, 0.2) is 0 Å². The minimum Gasteiger partial charge on any atom is -0.384 e. The average molecular weight is 173 g/mol. The Morgan fingerprint density at radius 1 is 1.23 bits per heavy atom. The van der Waals surface area contributed by atoms with Gasteiger partial charge in [-0.3, -0.25) is 0 Å². The van der Waals surface area contributed by atoms with Gasteiger partial charge in [0.1, 0.15) is 0 Å². The van der Waals surface area contributed by atoms with Crippen LogP contribution in [-0.4, -0.2) is 6.54 Å². The predicted octanol–water partition coefficient (Wildman–Crippen LogP) is 2.82. The molecule has 1 aromatic carbocycles. The zero-order chi connectivity index (χ0) is 9.52. The van der Waals surface area contributed by atoms with Crippen molar-refractivity contribution in [3.8, 4) is 11.8 Å². The van der Waals surface area contributed by atoms with Crippen molar-refractivity contribution < 1.29 is 0 Å². The molecule has 0 heterocycles. The second kappa shape index (κ2) is 5.27. The summed E-state index contributed by atoms with van der Waals surface area (Å²) < 4.78 is 0. The summed E-state index contributed by atoms with van der Waals surface area (Å²) in [5.74, 6) is 5.89. The average Bonchev–Trinajstić information content (AvgIpc) is 2.15. The lowest BCUT2D eigenvalue weighted by Gasteiger charge is -2.03. The van der Waals surface area contributed by atoms with Crippen LogP contribution in [0.2, 0.25) is 0 Å². The lowest BCUT2D eigenvalue weighted by atomic mass is 10.2. The van der Waals surface area contributed by atoms with Gasteiger partial charge in [0.05, 0.1) is 0 Å². The molecule has 1 aromatic rings. The summed E-state index contributed by atoms with van der Waals surface area (Å²) in [6.07, 6.45) is 0.907. The van der Waals surface area contributed by atoms with Crippen molar-refractivity contribution >= 4 is 5.69 Å². The molecule has 1 heteroatoms. The minimum atomic E-state index is 0.907. The van der Waals surface area contributed by atoms with Gasteiger partial charge in [-0.25, -0.2) is 0 Å². The number of anilines is 1. The monoisotopic (exact) mass is 173 g/mol. The first-order chi connectivity index (χ1) is 6.33. The van der Waals surface area contributed by atoms with Gasteiger partial charge in [-0.15, -0.1) is 11.8 Å². The molecule has 1 nitrogen and oxygen atoms in total. The number of rotatable bonds is 3. The number of nitrogens with one attached hydrogen (secondary N) is 1. The van der Waals surface area contributed by atoms with E-state index in [4.69, 9.17) is 0 Å². The lowest BCUT2D eigenvalue weighted by Crippen LogP contribution is -1.99. The molecule has 68 valence electrons. The van der Waals surface area contributed by atoms with Crippen molar-refractivity contribution in [1.29, 1.82) is 0 Å². The van der Waals surface area contributed by atoms with Crippen LogP contribution in [0.1, 0.15) is 18.9 Å². The molecule has 0 atom stereocenters. The van der Waals surface area contributed by atoms with Crippen molar-refractivity contribution in [2.24, 2.45) is 0 Å². The van der Waals surface area contributed by atoms with E-state index in [0.717, 1.165) is 13.0 Å². The smallest absolute Gasteiger partial charge is 0.0340 e. The van der Waals surface area contributed by atoms with Gasteiger partial charge >= 0.3 is 0 Å². The Kier molecular flexibility index (Phi) is 3.92. The first-order valence-corrected chi connectivity index (χ1v) is 4.53. The van der Waals surface area contributed by atoms with Gasteiger partial charge in [-0.05, 0) is 26.0 Å². The molecule has 0 aromatic heterocycles. The standard InChI is InChI=1S/C12H15N/c1-3-4-5-10-13-12-8-6-11(2)7-9-12/h6-9,13H,5,10H2,1-2H3. The van der Waals surface area contributed by atoms with Crippen LogP contribution < -0.4 is 5.32 Å². The summed E-state index contributed by atoms with van der Waals surface area (Å²) in [5.41, 5.74) is 2.46. The van der Waals surface area contributed by atoms with Crippen molar-refractivity contribution in [1.82, 2.24) is 0 Å². The van der Waals surface area contributed by atoms with Crippen LogP contribution in [-0.2, 0) is 0 Å². The zero-order valence-electron chi connectivity index (χ0n) is 8.22. The number of hydrogen-bond acceptors (Lipinski definition) is 1. The fourth-order valence-corrected chi connectivity index (χ4v) is 1.07. The van der Waals surface area contributed by atoms with Crippen LogP contribution in [0.15, 0.2) is 24.3 Å². The topological polar surface area (TPSA) is 12.0 Å². The van der Waals surface area contributed by atoms with E-state index in [2.05, 4.69) is 48.3 Å². The Morgan fingerprint density at radius 2 is 1.92 bits per heavy atom. The molecule has 0 saturated heterocycles. The van der Waals surface area contributed by atoms with Crippen LogP contribution in [0.5, 0.6) is 0 Å². The highest BCUT2D eigenvalue weighted by molar-refractivity contribution is 5.44. The van der Waals surface area contributed by atoms with E-state index in [1.807, 2.05) is 6.92 Å². The Morgan fingerprint density at radius 3 is 2.54 bits per heavy atom. The Hall–Kier alpha value is -1.42. The Labute approximate surface area is 80.2 Å². The second-order valence-corrected chi connectivity index (χ2v) is 2.97. The Balaban J connectivity index is 2.36. The maximum Gasteiger partial charge on any atom is 0.0340 e. The van der Waals surface area contributed by atoms with E-state index >= 15 is 0 Å². The Bertz CT molecular complexity index is 300. The zero-order valence-corrected chi connectivity index (χ0v) is 8.22. The summed E-state index contributed by atoms with van der Waals surface area (Å²) in [5, 5.41) is 3.30. The highest BCUT2D eigenvalue weighted by atomic mass is 14.9. The van der Waals surface area contributed by atoms with Gasteiger partial charge < -0.3 is 5.32 Å². The summed E-state index contributed by atoms with van der Waals surface area (Å²) in [7, 11) is 0. The highest BCUT2D eigenvalue weighted by Gasteiger charge is 1.88. The van der Waals surface area contributed by atoms with Crippen LogP contribution in [0.4, 0.5) is 5.69 Å². The maximum absolute atomic E-state index is 3.30. The number of benzene rings is 1. The molecule has 1 N–H and O–H groups in total. The first kappa shape index (κ1) is 9.67. The van der Waals surface area contributed by atoms with E-state index in [1.165, 1.54) is 11.3 Å². The van der Waals surface area contributed by atoms with E-state index in [9.17, 15) is 0 Å². The van der Waals surface area contributed by atoms with E-state index in [1.54, 1.807) is 0 Å². The summed E-state index contributed by atoms with van der Waals surface area (Å²) in [6.45, 7) is 4.88. The van der Waals surface area contributed by atoms with Crippen LogP contribution in [0.25, 0.3) is 0 Å². The molecular formula is C12H15N. The highest BCUT2D eigenvalue weighted by Crippen LogP contribution is 2.07. The molecule has 0 amide bonds. The fraction of sp³-hybridized carbons (Fsp3) is 0.333. The summed E-state index contributed by atoms with van der Waals surface area (Å²) in [4.78, 5) is 0. The lowest BCUT2D eigenvalue weighted by molar-refractivity contribution is 1.10. The van der Waals surface area contributed by atoms with Crippen molar-refractivity contribution in [2.45, 2.75) is 20.3 Å². The van der Waals surface area contributed by atoms with Gasteiger partial charge in [0.25, 0.3) is 0 Å². The fourth-order valence-electron chi connectivity index (χ4n) is 1.07. The first-order valence-electron chi connectivity index (χ1n) is 4.53. The van der Waals surface area contributed by atoms with E-state index in [-0.39, 0.29) is 0 Å². The largest absolute Gasteiger partial charge is 0.384 e. The van der Waals surface area contributed by atoms with Gasteiger partial charge in [-0.1, -0.05) is 17.7 Å². The molecule has 0 aliphatic heterocycles. The molecule has 0 spiro atoms. The molecular weight excluding hydrogens is 158 g/mol. The minimum absolute atomic E-state index is 0.907. The SMILES string of the molecule is CC#CCCNc1ccc(C)cc1.